The molecule has 6 heteroatoms. The van der Waals surface area contributed by atoms with Crippen LogP contribution < -0.4 is 5.32 Å². The van der Waals surface area contributed by atoms with Crippen molar-refractivity contribution < 1.29 is 9.53 Å². The van der Waals surface area contributed by atoms with Crippen LogP contribution in [0.2, 0.25) is 0 Å². The van der Waals surface area contributed by atoms with E-state index in [0.717, 1.165) is 37.1 Å². The average Bonchev–Trinajstić information content (AvgIpc) is 2.89. The number of nitrogens with zero attached hydrogens (tertiary/aromatic N) is 2. The largest absolute Gasteiger partial charge is 0.378 e. The van der Waals surface area contributed by atoms with Crippen LogP contribution in [0.25, 0.3) is 0 Å². The first kappa shape index (κ1) is 14.0. The highest BCUT2D eigenvalue weighted by Crippen LogP contribution is 2.28. The summed E-state index contributed by atoms with van der Waals surface area (Å²) < 4.78 is 4.98. The predicted octanol–water partition coefficient (Wildman–Crippen LogP) is 2.25. The summed E-state index contributed by atoms with van der Waals surface area (Å²) in [5, 5.41) is 14.7. The van der Waals surface area contributed by atoms with Gasteiger partial charge >= 0.3 is 0 Å². The summed E-state index contributed by atoms with van der Waals surface area (Å²) in [7, 11) is 1.59. The highest BCUT2D eigenvalue weighted by atomic mass is 32.1. The molecule has 1 fully saturated rings. The molecule has 1 heterocycles. The lowest BCUT2D eigenvalue weighted by Gasteiger charge is -2.31. The number of nitriles is 1. The topological polar surface area (TPSA) is 75.0 Å². The van der Waals surface area contributed by atoms with Crippen molar-refractivity contribution in [3.05, 3.63) is 16.1 Å². The molecule has 0 unspecified atom stereocenters. The van der Waals surface area contributed by atoms with Crippen molar-refractivity contribution in [2.75, 3.05) is 7.11 Å². The number of hydrogen-bond donors (Lipinski definition) is 1. The Morgan fingerprint density at radius 2 is 2.32 bits per heavy atom. The zero-order chi connectivity index (χ0) is 13.7. The maximum Gasteiger partial charge on any atom is 0.272 e. The van der Waals surface area contributed by atoms with Gasteiger partial charge in [-0.05, 0) is 12.8 Å². The average molecular weight is 279 g/mol. The molecule has 0 spiro atoms. The van der Waals surface area contributed by atoms with E-state index in [1.54, 1.807) is 12.5 Å². The Bertz CT molecular complexity index is 486. The minimum atomic E-state index is -0.708. The Morgan fingerprint density at radius 3 is 2.95 bits per heavy atom. The lowest BCUT2D eigenvalue weighted by molar-refractivity contribution is 0.0897. The third kappa shape index (κ3) is 3.31. The number of carbonyl (C=O) groups excluding carboxylic acids is 1. The molecule has 1 amide bonds. The number of thiazole rings is 1. The van der Waals surface area contributed by atoms with Gasteiger partial charge < -0.3 is 10.1 Å². The summed E-state index contributed by atoms with van der Waals surface area (Å²) in [5.41, 5.74) is -0.336. The van der Waals surface area contributed by atoms with Crippen LogP contribution in [0, 0.1) is 11.3 Å². The number of methoxy groups -OCH3 is 1. The van der Waals surface area contributed by atoms with Crippen LogP contribution in [-0.2, 0) is 11.3 Å². The number of rotatable bonds is 4. The van der Waals surface area contributed by atoms with Gasteiger partial charge in [-0.25, -0.2) is 4.98 Å². The van der Waals surface area contributed by atoms with Crippen LogP contribution in [0.4, 0.5) is 0 Å². The van der Waals surface area contributed by atoms with Crippen molar-refractivity contribution in [1.29, 1.82) is 5.26 Å². The number of ether oxygens (including phenoxy) is 1. The lowest BCUT2D eigenvalue weighted by Crippen LogP contribution is -2.48. The van der Waals surface area contributed by atoms with Crippen molar-refractivity contribution in [3.63, 3.8) is 0 Å². The lowest BCUT2D eigenvalue weighted by atomic mass is 9.83. The molecule has 0 aliphatic heterocycles. The molecule has 19 heavy (non-hydrogen) atoms. The molecule has 1 aromatic rings. The minimum Gasteiger partial charge on any atom is -0.378 e. The van der Waals surface area contributed by atoms with Crippen molar-refractivity contribution >= 4 is 17.2 Å². The molecule has 1 aromatic heterocycles. The number of aromatic nitrogens is 1. The monoisotopic (exact) mass is 279 g/mol. The fraction of sp³-hybridized carbons (Fsp3) is 0.615. The van der Waals surface area contributed by atoms with Crippen molar-refractivity contribution in [1.82, 2.24) is 10.3 Å². The van der Waals surface area contributed by atoms with E-state index in [1.165, 1.54) is 11.3 Å². The van der Waals surface area contributed by atoms with Gasteiger partial charge in [0.05, 0.1) is 12.7 Å². The first-order valence-electron chi connectivity index (χ1n) is 6.36. The maximum absolute atomic E-state index is 12.1. The third-order valence-corrected chi connectivity index (χ3v) is 4.15. The molecule has 1 aliphatic carbocycles. The molecular weight excluding hydrogens is 262 g/mol. The predicted molar refractivity (Wildman–Crippen MR) is 71.7 cm³/mol. The molecule has 1 aliphatic rings. The van der Waals surface area contributed by atoms with Crippen LogP contribution in [0.5, 0.6) is 0 Å². The fourth-order valence-corrected chi connectivity index (χ4v) is 3.05. The molecule has 0 saturated heterocycles. The first-order chi connectivity index (χ1) is 9.19. The van der Waals surface area contributed by atoms with E-state index in [2.05, 4.69) is 16.4 Å². The van der Waals surface area contributed by atoms with Gasteiger partial charge in [0.2, 0.25) is 0 Å². The SMILES string of the molecule is COCc1nc(C(=O)NC2(C#N)CCCCC2)cs1. The number of nitrogens with one attached hydrogen (secondary N) is 1. The van der Waals surface area contributed by atoms with Gasteiger partial charge in [0, 0.05) is 12.5 Å². The molecule has 2 rings (SSSR count). The second-order valence-corrected chi connectivity index (χ2v) is 5.71. The molecule has 1 N–H and O–H groups in total. The molecular formula is C13H17N3O2S. The normalized spacial score (nSPS) is 17.7. The molecule has 0 bridgehead atoms. The summed E-state index contributed by atoms with van der Waals surface area (Å²) in [4.78, 5) is 16.3. The summed E-state index contributed by atoms with van der Waals surface area (Å²) in [5.74, 6) is -0.262. The highest BCUT2D eigenvalue weighted by molar-refractivity contribution is 7.09. The Morgan fingerprint density at radius 1 is 1.58 bits per heavy atom. The van der Waals surface area contributed by atoms with Crippen molar-refractivity contribution in [2.45, 2.75) is 44.2 Å². The van der Waals surface area contributed by atoms with E-state index in [1.807, 2.05) is 0 Å². The number of carbonyl (C=O) groups is 1. The van der Waals surface area contributed by atoms with Gasteiger partial charge in [-0.3, -0.25) is 4.79 Å². The van der Waals surface area contributed by atoms with Crippen LogP contribution >= 0.6 is 11.3 Å². The zero-order valence-electron chi connectivity index (χ0n) is 10.9. The number of amides is 1. The fourth-order valence-electron chi connectivity index (χ4n) is 2.31. The minimum absolute atomic E-state index is 0.262. The Labute approximate surface area is 116 Å². The quantitative estimate of drug-likeness (QED) is 0.917. The van der Waals surface area contributed by atoms with Gasteiger partial charge in [0.15, 0.2) is 0 Å². The molecule has 0 aromatic carbocycles. The van der Waals surface area contributed by atoms with Crippen molar-refractivity contribution in [3.8, 4) is 6.07 Å². The molecule has 5 nitrogen and oxygen atoms in total. The van der Waals surface area contributed by atoms with E-state index >= 15 is 0 Å². The highest BCUT2D eigenvalue weighted by Gasteiger charge is 2.34. The maximum atomic E-state index is 12.1. The summed E-state index contributed by atoms with van der Waals surface area (Å²) in [6.07, 6.45) is 4.56. The van der Waals surface area contributed by atoms with Crippen molar-refractivity contribution in [2.24, 2.45) is 0 Å². The Balaban J connectivity index is 2.04. The standard InChI is InChI=1S/C13H17N3O2S/c1-18-7-11-15-10(8-19-11)12(17)16-13(9-14)5-3-2-4-6-13/h8H,2-7H2,1H3,(H,16,17). The van der Waals surface area contributed by atoms with Crippen LogP contribution in [0.1, 0.15) is 47.6 Å². The van der Waals surface area contributed by atoms with Gasteiger partial charge in [-0.1, -0.05) is 19.3 Å². The second-order valence-electron chi connectivity index (χ2n) is 4.77. The third-order valence-electron chi connectivity index (χ3n) is 3.33. The smallest absolute Gasteiger partial charge is 0.272 e. The van der Waals surface area contributed by atoms with Gasteiger partial charge in [0.1, 0.15) is 16.2 Å². The summed E-state index contributed by atoms with van der Waals surface area (Å²) >= 11 is 1.39. The van der Waals surface area contributed by atoms with E-state index in [-0.39, 0.29) is 5.91 Å². The van der Waals surface area contributed by atoms with Gasteiger partial charge in [-0.15, -0.1) is 11.3 Å². The van der Waals surface area contributed by atoms with Gasteiger partial charge in [0.25, 0.3) is 5.91 Å². The second kappa shape index (κ2) is 6.13. The summed E-state index contributed by atoms with van der Waals surface area (Å²) in [6.45, 7) is 0.404. The van der Waals surface area contributed by atoms with Crippen LogP contribution in [-0.4, -0.2) is 23.5 Å². The van der Waals surface area contributed by atoms with Crippen LogP contribution in [0.15, 0.2) is 5.38 Å². The molecule has 1 saturated carbocycles. The van der Waals surface area contributed by atoms with Gasteiger partial charge in [-0.2, -0.15) is 5.26 Å². The van der Waals surface area contributed by atoms with E-state index in [9.17, 15) is 10.1 Å². The van der Waals surface area contributed by atoms with E-state index in [4.69, 9.17) is 4.74 Å². The summed E-state index contributed by atoms with van der Waals surface area (Å²) in [6, 6.07) is 2.27. The van der Waals surface area contributed by atoms with Crippen LogP contribution in [0.3, 0.4) is 0 Å². The number of hydrogen-bond acceptors (Lipinski definition) is 5. The Hall–Kier alpha value is -1.45. The Kier molecular flexibility index (Phi) is 4.51. The first-order valence-corrected chi connectivity index (χ1v) is 7.24. The molecule has 0 radical (unpaired) electrons. The molecule has 102 valence electrons. The molecule has 0 atom stereocenters. The van der Waals surface area contributed by atoms with E-state index < -0.39 is 5.54 Å². The van der Waals surface area contributed by atoms with E-state index in [0.29, 0.717) is 12.3 Å². The zero-order valence-corrected chi connectivity index (χ0v) is 11.8.